The molecule has 0 saturated heterocycles. The van der Waals surface area contributed by atoms with E-state index in [1.165, 1.54) is 0 Å². The van der Waals surface area contributed by atoms with Crippen molar-refractivity contribution in [3.8, 4) is 0 Å². The van der Waals surface area contributed by atoms with Crippen LogP contribution >= 0.6 is 0 Å². The van der Waals surface area contributed by atoms with Crippen LogP contribution in [0.3, 0.4) is 0 Å². The summed E-state index contributed by atoms with van der Waals surface area (Å²) in [6.45, 7) is 0. The molecule has 3 aromatic rings. The van der Waals surface area contributed by atoms with Crippen molar-refractivity contribution in [2.24, 2.45) is 4.99 Å². The van der Waals surface area contributed by atoms with Gasteiger partial charge < -0.3 is 5.32 Å². The quantitative estimate of drug-likeness (QED) is 0.736. The number of hydrogen-bond donors (Lipinski definition) is 1. The molecule has 3 heteroatoms. The van der Waals surface area contributed by atoms with Gasteiger partial charge >= 0.3 is 0 Å². The number of nitrogens with zero attached hydrogens (tertiary/aromatic N) is 1. The van der Waals surface area contributed by atoms with Crippen LogP contribution in [0.1, 0.15) is 15.9 Å². The number of rotatable bonds is 3. The lowest BCUT2D eigenvalue weighted by molar-refractivity contribution is 0.104. The lowest BCUT2D eigenvalue weighted by atomic mass is 9.91. The zero-order chi connectivity index (χ0) is 17.1. The van der Waals surface area contributed by atoms with Crippen LogP contribution in [-0.4, -0.2) is 11.5 Å². The Morgan fingerprint density at radius 3 is 2.00 bits per heavy atom. The number of carbonyl (C=O) groups is 1. The van der Waals surface area contributed by atoms with Crippen molar-refractivity contribution in [1.82, 2.24) is 0 Å². The third kappa shape index (κ3) is 3.12. The van der Waals surface area contributed by atoms with E-state index in [9.17, 15) is 4.79 Å². The fraction of sp³-hybridized carbons (Fsp3) is 0. The molecule has 0 aliphatic heterocycles. The topological polar surface area (TPSA) is 41.5 Å². The van der Waals surface area contributed by atoms with Gasteiger partial charge in [0.15, 0.2) is 5.78 Å². The second-order valence-corrected chi connectivity index (χ2v) is 5.75. The number of benzene rings is 3. The van der Waals surface area contributed by atoms with E-state index in [1.54, 1.807) is 6.08 Å². The first-order valence-corrected chi connectivity index (χ1v) is 8.13. The molecule has 25 heavy (non-hydrogen) atoms. The molecular formula is C22H16N2O. The standard InChI is InChI=1S/C22H16N2O/c25-21-15-20(23-16-9-3-1-4-10-16)22(19-14-8-7-13-18(19)21)24-17-11-5-2-6-12-17/h1-15,23H. The van der Waals surface area contributed by atoms with Gasteiger partial charge in [-0.1, -0.05) is 60.7 Å². The number of para-hydroxylation sites is 2. The van der Waals surface area contributed by atoms with Crippen molar-refractivity contribution in [3.63, 3.8) is 0 Å². The fourth-order valence-corrected chi connectivity index (χ4v) is 2.85. The Morgan fingerprint density at radius 1 is 0.680 bits per heavy atom. The van der Waals surface area contributed by atoms with E-state index in [4.69, 9.17) is 4.99 Å². The minimum Gasteiger partial charge on any atom is -0.354 e. The van der Waals surface area contributed by atoms with Gasteiger partial charge in [-0.05, 0) is 24.3 Å². The predicted octanol–water partition coefficient (Wildman–Crippen LogP) is 5.00. The number of anilines is 1. The van der Waals surface area contributed by atoms with E-state index in [-0.39, 0.29) is 5.78 Å². The number of hydrogen-bond acceptors (Lipinski definition) is 3. The second-order valence-electron chi connectivity index (χ2n) is 5.75. The Morgan fingerprint density at radius 2 is 1.28 bits per heavy atom. The molecule has 0 aromatic heterocycles. The number of carbonyl (C=O) groups excluding carboxylic acids is 1. The van der Waals surface area contributed by atoms with Gasteiger partial charge in [0.1, 0.15) is 0 Å². The molecule has 0 atom stereocenters. The Balaban J connectivity index is 1.83. The Bertz CT molecular complexity index is 973. The molecule has 0 fully saturated rings. The highest BCUT2D eigenvalue weighted by Gasteiger charge is 2.23. The number of fused-ring (bicyclic) bond motifs is 1. The number of allylic oxidation sites excluding steroid dienone is 2. The van der Waals surface area contributed by atoms with Gasteiger partial charge in [0.05, 0.1) is 17.1 Å². The molecule has 1 N–H and O–H groups in total. The monoisotopic (exact) mass is 324 g/mol. The van der Waals surface area contributed by atoms with Crippen molar-refractivity contribution in [2.75, 3.05) is 5.32 Å². The Kier molecular flexibility index (Phi) is 3.97. The summed E-state index contributed by atoms with van der Waals surface area (Å²) in [6, 6.07) is 27.1. The van der Waals surface area contributed by atoms with Crippen LogP contribution in [-0.2, 0) is 0 Å². The zero-order valence-corrected chi connectivity index (χ0v) is 13.5. The first kappa shape index (κ1) is 15.1. The molecule has 4 rings (SSSR count). The SMILES string of the molecule is O=C1C=C(Nc2ccccc2)C(=Nc2ccccc2)c2ccccc21. The van der Waals surface area contributed by atoms with E-state index >= 15 is 0 Å². The van der Waals surface area contributed by atoms with Crippen LogP contribution < -0.4 is 5.32 Å². The second kappa shape index (κ2) is 6.57. The Hall–Kier alpha value is -3.46. The first-order chi connectivity index (χ1) is 12.3. The molecule has 0 radical (unpaired) electrons. The summed E-state index contributed by atoms with van der Waals surface area (Å²) in [4.78, 5) is 17.3. The molecule has 3 nitrogen and oxygen atoms in total. The summed E-state index contributed by atoms with van der Waals surface area (Å²) in [7, 11) is 0. The molecule has 1 aliphatic rings. The van der Waals surface area contributed by atoms with Crippen LogP contribution in [0.4, 0.5) is 11.4 Å². The predicted molar refractivity (Wildman–Crippen MR) is 102 cm³/mol. The molecule has 1 aliphatic carbocycles. The number of aliphatic imine (C=N–C) groups is 1. The highest BCUT2D eigenvalue weighted by Crippen LogP contribution is 2.26. The Labute approximate surface area is 146 Å². The molecule has 0 bridgehead atoms. The summed E-state index contributed by atoms with van der Waals surface area (Å²) in [6.07, 6.45) is 1.62. The van der Waals surface area contributed by atoms with E-state index in [2.05, 4.69) is 5.32 Å². The zero-order valence-electron chi connectivity index (χ0n) is 13.5. The average Bonchev–Trinajstić information content (AvgIpc) is 2.67. The van der Waals surface area contributed by atoms with Crippen LogP contribution in [0.15, 0.2) is 102 Å². The molecule has 0 heterocycles. The maximum Gasteiger partial charge on any atom is 0.188 e. The minimum atomic E-state index is -0.0129. The van der Waals surface area contributed by atoms with Crippen molar-refractivity contribution in [1.29, 1.82) is 0 Å². The lowest BCUT2D eigenvalue weighted by Gasteiger charge is -2.20. The van der Waals surface area contributed by atoms with E-state index in [0.717, 1.165) is 22.6 Å². The summed E-state index contributed by atoms with van der Waals surface area (Å²) in [5.41, 5.74) is 4.76. The van der Waals surface area contributed by atoms with Crippen LogP contribution in [0.2, 0.25) is 0 Å². The van der Waals surface area contributed by atoms with Crippen molar-refractivity contribution in [3.05, 3.63) is 108 Å². The van der Waals surface area contributed by atoms with Gasteiger partial charge in [-0.15, -0.1) is 0 Å². The highest BCUT2D eigenvalue weighted by molar-refractivity contribution is 6.27. The number of ketones is 1. The lowest BCUT2D eigenvalue weighted by Crippen LogP contribution is -2.22. The fourth-order valence-electron chi connectivity index (χ4n) is 2.85. The molecule has 120 valence electrons. The number of nitrogens with one attached hydrogen (secondary N) is 1. The van der Waals surface area contributed by atoms with Gasteiger partial charge in [-0.2, -0.15) is 0 Å². The molecule has 0 saturated carbocycles. The van der Waals surface area contributed by atoms with E-state index in [0.29, 0.717) is 11.3 Å². The average molecular weight is 324 g/mol. The van der Waals surface area contributed by atoms with Crippen LogP contribution in [0.5, 0.6) is 0 Å². The molecule has 3 aromatic carbocycles. The maximum absolute atomic E-state index is 12.5. The largest absolute Gasteiger partial charge is 0.354 e. The summed E-state index contributed by atoms with van der Waals surface area (Å²) >= 11 is 0. The maximum atomic E-state index is 12.5. The summed E-state index contributed by atoms with van der Waals surface area (Å²) < 4.78 is 0. The van der Waals surface area contributed by atoms with Gasteiger partial charge in [0, 0.05) is 22.9 Å². The normalized spacial score (nSPS) is 14.8. The molecular weight excluding hydrogens is 308 g/mol. The van der Waals surface area contributed by atoms with Crippen molar-refractivity contribution >= 4 is 22.9 Å². The molecule has 0 unspecified atom stereocenters. The van der Waals surface area contributed by atoms with E-state index in [1.807, 2.05) is 84.9 Å². The third-order valence-corrected chi connectivity index (χ3v) is 4.03. The summed E-state index contributed by atoms with van der Waals surface area (Å²) in [5.74, 6) is -0.0129. The summed E-state index contributed by atoms with van der Waals surface area (Å²) in [5, 5.41) is 3.33. The third-order valence-electron chi connectivity index (χ3n) is 4.03. The van der Waals surface area contributed by atoms with Crippen LogP contribution in [0, 0.1) is 0 Å². The van der Waals surface area contributed by atoms with E-state index < -0.39 is 0 Å². The minimum absolute atomic E-state index is 0.0129. The highest BCUT2D eigenvalue weighted by atomic mass is 16.1. The van der Waals surface area contributed by atoms with Gasteiger partial charge in [-0.3, -0.25) is 4.79 Å². The van der Waals surface area contributed by atoms with Gasteiger partial charge in [0.25, 0.3) is 0 Å². The van der Waals surface area contributed by atoms with Crippen molar-refractivity contribution in [2.45, 2.75) is 0 Å². The van der Waals surface area contributed by atoms with Gasteiger partial charge in [0.2, 0.25) is 0 Å². The van der Waals surface area contributed by atoms with Gasteiger partial charge in [-0.25, -0.2) is 4.99 Å². The molecule has 0 amide bonds. The van der Waals surface area contributed by atoms with Crippen LogP contribution in [0.25, 0.3) is 0 Å². The van der Waals surface area contributed by atoms with Crippen molar-refractivity contribution < 1.29 is 4.79 Å². The smallest absolute Gasteiger partial charge is 0.188 e. The molecule has 0 spiro atoms. The first-order valence-electron chi connectivity index (χ1n) is 8.13.